The Balaban J connectivity index is 2.02. The molecule has 0 amide bonds. The molecule has 3 rings (SSSR count). The van der Waals surface area contributed by atoms with Crippen molar-refractivity contribution in [3.63, 3.8) is 0 Å². The summed E-state index contributed by atoms with van der Waals surface area (Å²) in [6, 6.07) is 7.12. The van der Waals surface area contributed by atoms with Crippen LogP contribution in [0, 0.1) is 0 Å². The maximum Gasteiger partial charge on any atom is 0.334 e. The second-order valence-electron chi connectivity index (χ2n) is 5.33. The summed E-state index contributed by atoms with van der Waals surface area (Å²) >= 11 is 6.28. The summed E-state index contributed by atoms with van der Waals surface area (Å²) in [7, 11) is 0. The van der Waals surface area contributed by atoms with Gasteiger partial charge in [0.05, 0.1) is 6.10 Å². The van der Waals surface area contributed by atoms with Crippen LogP contribution in [-0.2, 0) is 16.0 Å². The molecule has 7 heteroatoms. The van der Waals surface area contributed by atoms with E-state index in [1.807, 2.05) is 38.1 Å². The molecule has 114 valence electrons. The number of ether oxygens (including phenoxy) is 1. The van der Waals surface area contributed by atoms with E-state index in [1.54, 1.807) is 10.7 Å². The minimum atomic E-state index is -0.346. The van der Waals surface area contributed by atoms with Crippen LogP contribution in [0.2, 0.25) is 5.02 Å². The van der Waals surface area contributed by atoms with Crippen LogP contribution in [0.25, 0.3) is 0 Å². The third kappa shape index (κ3) is 2.74. The van der Waals surface area contributed by atoms with Crippen molar-refractivity contribution in [1.29, 1.82) is 0 Å². The van der Waals surface area contributed by atoms with Gasteiger partial charge >= 0.3 is 5.97 Å². The van der Waals surface area contributed by atoms with Gasteiger partial charge in [-0.05, 0) is 42.0 Å². The highest BCUT2D eigenvalue weighted by Gasteiger charge is 2.28. The molecule has 1 atom stereocenters. The Hall–Kier alpha value is -2.21. The summed E-state index contributed by atoms with van der Waals surface area (Å²) in [5.74, 6) is 0.268. The van der Waals surface area contributed by atoms with E-state index in [4.69, 9.17) is 16.3 Å². The van der Waals surface area contributed by atoms with E-state index in [2.05, 4.69) is 15.5 Å². The van der Waals surface area contributed by atoms with Gasteiger partial charge in [0.2, 0.25) is 0 Å². The van der Waals surface area contributed by atoms with Gasteiger partial charge in [-0.2, -0.15) is 0 Å². The predicted molar refractivity (Wildman–Crippen MR) is 80.4 cm³/mol. The molecule has 1 aromatic carbocycles. The first-order valence-electron chi connectivity index (χ1n) is 6.99. The predicted octanol–water partition coefficient (Wildman–Crippen LogP) is 2.35. The van der Waals surface area contributed by atoms with E-state index in [9.17, 15) is 4.79 Å². The highest BCUT2D eigenvalue weighted by atomic mass is 35.5. The van der Waals surface area contributed by atoms with Gasteiger partial charge in [0.15, 0.2) is 5.82 Å². The number of carbonyl (C=O) groups is 1. The highest BCUT2D eigenvalue weighted by Crippen LogP contribution is 2.31. The molecule has 0 N–H and O–H groups in total. The molecule has 0 fully saturated rings. The van der Waals surface area contributed by atoms with Crippen molar-refractivity contribution in [3.05, 3.63) is 52.3 Å². The molecule has 1 aliphatic heterocycles. The molecule has 0 saturated heterocycles. The van der Waals surface area contributed by atoms with Crippen molar-refractivity contribution in [2.24, 2.45) is 0 Å². The van der Waals surface area contributed by atoms with Gasteiger partial charge in [-0.1, -0.05) is 29.8 Å². The third-order valence-electron chi connectivity index (χ3n) is 3.36. The largest absolute Gasteiger partial charge is 0.460 e. The molecule has 0 saturated carbocycles. The summed E-state index contributed by atoms with van der Waals surface area (Å²) in [5.41, 5.74) is 1.38. The molecule has 0 aliphatic carbocycles. The summed E-state index contributed by atoms with van der Waals surface area (Å²) in [4.78, 5) is 12.2. The van der Waals surface area contributed by atoms with Crippen LogP contribution < -0.4 is 0 Å². The van der Waals surface area contributed by atoms with Crippen molar-refractivity contribution < 1.29 is 9.53 Å². The lowest BCUT2D eigenvalue weighted by Crippen LogP contribution is -2.24. The Labute approximate surface area is 132 Å². The quantitative estimate of drug-likeness (QED) is 0.812. The maximum atomic E-state index is 12.2. The number of allylic oxidation sites excluding steroid dienone is 1. The van der Waals surface area contributed by atoms with Crippen LogP contribution >= 0.6 is 11.6 Å². The van der Waals surface area contributed by atoms with E-state index in [0.717, 1.165) is 5.56 Å². The lowest BCUT2D eigenvalue weighted by molar-refractivity contribution is -0.142. The van der Waals surface area contributed by atoms with Crippen LogP contribution in [0.3, 0.4) is 0 Å². The van der Waals surface area contributed by atoms with Gasteiger partial charge in [0.25, 0.3) is 0 Å². The van der Waals surface area contributed by atoms with Gasteiger partial charge in [-0.15, -0.1) is 5.10 Å². The first-order valence-corrected chi connectivity index (χ1v) is 7.37. The smallest absolute Gasteiger partial charge is 0.334 e. The summed E-state index contributed by atoms with van der Waals surface area (Å²) < 4.78 is 6.95. The number of hydrogen-bond donors (Lipinski definition) is 0. The standard InChI is InChI=1S/C15H15ClN4O2/c1-9(2)22-15(21)10-7-13(11-5-3-4-6-12(11)16)20-14(8-10)17-18-19-20/h3-7,9,13H,8H2,1-2H3. The number of fused-ring (bicyclic) bond motifs is 1. The molecule has 0 bridgehead atoms. The van der Waals surface area contributed by atoms with Crippen molar-refractivity contribution >= 4 is 17.6 Å². The number of nitrogens with zero attached hydrogens (tertiary/aromatic N) is 4. The fourth-order valence-corrected chi connectivity index (χ4v) is 2.65. The Morgan fingerprint density at radius 3 is 2.91 bits per heavy atom. The molecule has 1 aromatic heterocycles. The van der Waals surface area contributed by atoms with Crippen LogP contribution in [0.4, 0.5) is 0 Å². The van der Waals surface area contributed by atoms with Crippen molar-refractivity contribution in [3.8, 4) is 0 Å². The Morgan fingerprint density at radius 1 is 1.41 bits per heavy atom. The highest BCUT2D eigenvalue weighted by molar-refractivity contribution is 6.31. The zero-order valence-electron chi connectivity index (χ0n) is 12.2. The van der Waals surface area contributed by atoms with E-state index >= 15 is 0 Å². The van der Waals surface area contributed by atoms with E-state index < -0.39 is 0 Å². The van der Waals surface area contributed by atoms with Gasteiger partial charge in [0.1, 0.15) is 6.04 Å². The fourth-order valence-electron chi connectivity index (χ4n) is 2.40. The Kier molecular flexibility index (Phi) is 3.94. The number of tetrazole rings is 1. The molecular formula is C15H15ClN4O2. The van der Waals surface area contributed by atoms with Gasteiger partial charge in [0, 0.05) is 17.0 Å². The molecular weight excluding hydrogens is 304 g/mol. The van der Waals surface area contributed by atoms with Crippen LogP contribution in [-0.4, -0.2) is 32.3 Å². The second kappa shape index (κ2) is 5.88. The third-order valence-corrected chi connectivity index (χ3v) is 3.71. The number of esters is 1. The SMILES string of the molecule is CC(C)OC(=O)C1=CC(c2ccccc2Cl)n2nnnc2C1. The minimum Gasteiger partial charge on any atom is -0.460 e. The number of rotatable bonds is 3. The summed E-state index contributed by atoms with van der Waals surface area (Å²) in [6.07, 6.45) is 1.99. The number of benzene rings is 1. The van der Waals surface area contributed by atoms with E-state index in [0.29, 0.717) is 22.8 Å². The Morgan fingerprint density at radius 2 is 2.18 bits per heavy atom. The van der Waals surface area contributed by atoms with Gasteiger partial charge < -0.3 is 4.74 Å². The monoisotopic (exact) mass is 318 g/mol. The normalized spacial score (nSPS) is 17.1. The second-order valence-corrected chi connectivity index (χ2v) is 5.74. The first kappa shape index (κ1) is 14.7. The number of halogens is 1. The fraction of sp³-hybridized carbons (Fsp3) is 0.333. The lowest BCUT2D eigenvalue weighted by atomic mass is 9.98. The van der Waals surface area contributed by atoms with Crippen molar-refractivity contribution in [1.82, 2.24) is 20.2 Å². The lowest BCUT2D eigenvalue weighted by Gasteiger charge is -2.22. The average molecular weight is 319 g/mol. The molecule has 0 radical (unpaired) electrons. The van der Waals surface area contributed by atoms with E-state index in [1.165, 1.54) is 0 Å². The molecule has 1 unspecified atom stereocenters. The summed E-state index contributed by atoms with van der Waals surface area (Å²) in [5, 5.41) is 12.3. The number of hydrogen-bond acceptors (Lipinski definition) is 5. The van der Waals surface area contributed by atoms with Gasteiger partial charge in [-0.25, -0.2) is 9.48 Å². The van der Waals surface area contributed by atoms with Crippen molar-refractivity contribution in [2.45, 2.75) is 32.4 Å². The molecule has 0 spiro atoms. The van der Waals surface area contributed by atoms with Crippen LogP contribution in [0.1, 0.15) is 31.3 Å². The topological polar surface area (TPSA) is 69.9 Å². The zero-order valence-corrected chi connectivity index (χ0v) is 13.0. The number of aromatic nitrogens is 4. The molecule has 6 nitrogen and oxygen atoms in total. The van der Waals surface area contributed by atoms with E-state index in [-0.39, 0.29) is 18.1 Å². The number of carbonyl (C=O) groups excluding carboxylic acids is 1. The maximum absolute atomic E-state index is 12.2. The molecule has 22 heavy (non-hydrogen) atoms. The first-order chi connectivity index (χ1) is 10.6. The average Bonchev–Trinajstić information content (AvgIpc) is 2.94. The van der Waals surface area contributed by atoms with Crippen LogP contribution in [0.5, 0.6) is 0 Å². The molecule has 1 aliphatic rings. The van der Waals surface area contributed by atoms with Crippen LogP contribution in [0.15, 0.2) is 35.9 Å². The summed E-state index contributed by atoms with van der Waals surface area (Å²) in [6.45, 7) is 3.63. The zero-order chi connectivity index (χ0) is 15.7. The minimum absolute atomic E-state index is 0.176. The molecule has 2 aromatic rings. The molecule has 2 heterocycles. The van der Waals surface area contributed by atoms with Gasteiger partial charge in [-0.3, -0.25) is 0 Å². The van der Waals surface area contributed by atoms with Crippen molar-refractivity contribution in [2.75, 3.05) is 0 Å². The Bertz CT molecular complexity index is 739.